The summed E-state index contributed by atoms with van der Waals surface area (Å²) in [5, 5.41) is 3.48. The summed E-state index contributed by atoms with van der Waals surface area (Å²) in [4.78, 5) is 0. The monoisotopic (exact) mass is 261 g/mol. The van der Waals surface area contributed by atoms with Crippen molar-refractivity contribution in [1.29, 1.82) is 0 Å². The molecule has 3 nitrogen and oxygen atoms in total. The predicted molar refractivity (Wildman–Crippen MR) is 77.6 cm³/mol. The zero-order chi connectivity index (χ0) is 13.9. The van der Waals surface area contributed by atoms with Crippen LogP contribution in [-0.2, 0) is 0 Å². The van der Waals surface area contributed by atoms with E-state index >= 15 is 0 Å². The van der Waals surface area contributed by atoms with Crippen LogP contribution in [-0.4, -0.2) is 13.3 Å². The zero-order valence-corrected chi connectivity index (χ0v) is 12.2. The van der Waals surface area contributed by atoms with Crippen LogP contribution in [0.3, 0.4) is 0 Å². The van der Waals surface area contributed by atoms with Gasteiger partial charge in [-0.25, -0.2) is 0 Å². The molecular weight excluding hydrogens is 238 g/mol. The summed E-state index contributed by atoms with van der Waals surface area (Å²) in [6.07, 6.45) is 4.41. The Morgan fingerprint density at radius 3 is 2.74 bits per heavy atom. The Bertz CT molecular complexity index is 460. The van der Waals surface area contributed by atoms with Crippen LogP contribution in [0.25, 0.3) is 0 Å². The average Bonchev–Trinajstić information content (AvgIpc) is 2.80. The normalized spacial score (nSPS) is 16.0. The number of ether oxygens (including phenoxy) is 2. The van der Waals surface area contributed by atoms with E-state index < -0.39 is 0 Å². The second kappa shape index (κ2) is 5.66. The minimum atomic E-state index is 0.240. The van der Waals surface area contributed by atoms with Gasteiger partial charge in [-0.15, -0.1) is 0 Å². The molecule has 1 aliphatic heterocycles. The van der Waals surface area contributed by atoms with E-state index in [1.165, 1.54) is 5.56 Å². The Morgan fingerprint density at radius 2 is 2.00 bits per heavy atom. The van der Waals surface area contributed by atoms with Crippen molar-refractivity contribution in [2.24, 2.45) is 5.41 Å². The number of hydrogen-bond acceptors (Lipinski definition) is 3. The summed E-state index contributed by atoms with van der Waals surface area (Å²) in [6, 6.07) is 6.39. The Kier molecular flexibility index (Phi) is 4.15. The quantitative estimate of drug-likeness (QED) is 0.839. The van der Waals surface area contributed by atoms with Crippen molar-refractivity contribution in [3.8, 4) is 11.5 Å². The van der Waals surface area contributed by atoms with Gasteiger partial charge in [-0.05, 0) is 30.0 Å². The van der Waals surface area contributed by atoms with Gasteiger partial charge in [0.1, 0.15) is 0 Å². The van der Waals surface area contributed by atoms with E-state index in [2.05, 4.69) is 51.2 Å². The Hall–Kier alpha value is -1.48. The highest BCUT2D eigenvalue weighted by molar-refractivity contribution is 5.45. The molecule has 0 saturated heterocycles. The molecule has 0 saturated carbocycles. The molecule has 0 fully saturated rings. The van der Waals surface area contributed by atoms with E-state index in [1.807, 2.05) is 12.1 Å². The Balaban J connectivity index is 1.90. The van der Waals surface area contributed by atoms with Gasteiger partial charge >= 0.3 is 0 Å². The molecule has 1 aliphatic rings. The third-order valence-corrected chi connectivity index (χ3v) is 3.06. The molecule has 0 aromatic heterocycles. The zero-order valence-electron chi connectivity index (χ0n) is 12.2. The molecule has 1 heterocycles. The van der Waals surface area contributed by atoms with Gasteiger partial charge in [0.15, 0.2) is 11.5 Å². The maximum Gasteiger partial charge on any atom is 0.231 e. The number of fused-ring (bicyclic) bond motifs is 1. The maximum atomic E-state index is 5.40. The van der Waals surface area contributed by atoms with E-state index in [0.29, 0.717) is 12.8 Å². The highest BCUT2D eigenvalue weighted by Crippen LogP contribution is 2.34. The average molecular weight is 261 g/mol. The van der Waals surface area contributed by atoms with E-state index in [4.69, 9.17) is 9.47 Å². The summed E-state index contributed by atoms with van der Waals surface area (Å²) in [6.45, 7) is 9.95. The van der Waals surface area contributed by atoms with E-state index in [9.17, 15) is 0 Å². The summed E-state index contributed by atoms with van der Waals surface area (Å²) < 4.78 is 10.7. The van der Waals surface area contributed by atoms with Gasteiger partial charge in [0, 0.05) is 12.6 Å². The van der Waals surface area contributed by atoms with Crippen molar-refractivity contribution in [2.45, 2.75) is 33.7 Å². The summed E-state index contributed by atoms with van der Waals surface area (Å²) in [7, 11) is 0. The van der Waals surface area contributed by atoms with Crippen LogP contribution in [0.1, 0.15) is 39.3 Å². The van der Waals surface area contributed by atoms with Crippen LogP contribution < -0.4 is 14.8 Å². The molecular formula is C16H23NO2. The molecule has 0 amide bonds. The minimum absolute atomic E-state index is 0.240. The highest BCUT2D eigenvalue weighted by atomic mass is 16.7. The lowest BCUT2D eigenvalue weighted by molar-refractivity contribution is 0.174. The topological polar surface area (TPSA) is 30.5 Å². The highest BCUT2D eigenvalue weighted by Gasteiger charge is 2.15. The molecule has 0 bridgehead atoms. The lowest BCUT2D eigenvalue weighted by Gasteiger charge is -2.15. The van der Waals surface area contributed by atoms with E-state index in [-0.39, 0.29) is 5.41 Å². The van der Waals surface area contributed by atoms with Crippen LogP contribution in [0.2, 0.25) is 0 Å². The number of rotatable bonds is 4. The van der Waals surface area contributed by atoms with Crippen LogP contribution in [0.5, 0.6) is 11.5 Å². The van der Waals surface area contributed by atoms with Crippen molar-refractivity contribution in [3.63, 3.8) is 0 Å². The Morgan fingerprint density at radius 1 is 1.26 bits per heavy atom. The number of hydrogen-bond donors (Lipinski definition) is 1. The molecule has 1 aromatic carbocycles. The first-order valence-electron chi connectivity index (χ1n) is 6.76. The smallest absolute Gasteiger partial charge is 0.231 e. The molecule has 1 aromatic rings. The largest absolute Gasteiger partial charge is 0.454 e. The molecule has 0 unspecified atom stereocenters. The molecule has 0 radical (unpaired) electrons. The fraction of sp³-hybridized carbons (Fsp3) is 0.500. The first-order valence-corrected chi connectivity index (χ1v) is 6.76. The fourth-order valence-electron chi connectivity index (χ4n) is 1.96. The number of allylic oxidation sites excluding steroid dienone is 1. The summed E-state index contributed by atoms with van der Waals surface area (Å²) in [5.41, 5.74) is 1.46. The molecule has 1 N–H and O–H groups in total. The SMILES string of the molecule is C[C@@H](NC/C=C\C(C)(C)C)c1ccc2c(c1)OCO2. The van der Waals surface area contributed by atoms with Gasteiger partial charge < -0.3 is 14.8 Å². The molecule has 0 spiro atoms. The van der Waals surface area contributed by atoms with Crippen molar-refractivity contribution >= 4 is 0 Å². The third-order valence-electron chi connectivity index (χ3n) is 3.06. The minimum Gasteiger partial charge on any atom is -0.454 e. The predicted octanol–water partition coefficient (Wildman–Crippen LogP) is 3.67. The summed E-state index contributed by atoms with van der Waals surface area (Å²) >= 11 is 0. The van der Waals surface area contributed by atoms with Gasteiger partial charge in [0.2, 0.25) is 6.79 Å². The van der Waals surface area contributed by atoms with Crippen LogP contribution in [0.15, 0.2) is 30.4 Å². The van der Waals surface area contributed by atoms with Crippen molar-refractivity contribution in [1.82, 2.24) is 5.32 Å². The standard InChI is InChI=1S/C16H23NO2/c1-12(17-9-5-8-16(2,3)4)13-6-7-14-15(10-13)19-11-18-14/h5-8,10,12,17H,9,11H2,1-4H3/b8-5-/t12-/m1/s1. The molecule has 104 valence electrons. The number of benzene rings is 1. The molecule has 0 aliphatic carbocycles. The van der Waals surface area contributed by atoms with E-state index in [0.717, 1.165) is 18.0 Å². The Labute approximate surface area is 115 Å². The van der Waals surface area contributed by atoms with Crippen LogP contribution in [0.4, 0.5) is 0 Å². The molecule has 3 heteroatoms. The van der Waals surface area contributed by atoms with Crippen molar-refractivity contribution in [2.75, 3.05) is 13.3 Å². The lowest BCUT2D eigenvalue weighted by atomic mass is 9.96. The van der Waals surface area contributed by atoms with Crippen molar-refractivity contribution < 1.29 is 9.47 Å². The van der Waals surface area contributed by atoms with Crippen LogP contribution >= 0.6 is 0 Å². The lowest BCUT2D eigenvalue weighted by Crippen LogP contribution is -2.18. The molecule has 1 atom stereocenters. The molecule has 2 rings (SSSR count). The first kappa shape index (κ1) is 13.9. The van der Waals surface area contributed by atoms with Gasteiger partial charge in [-0.2, -0.15) is 0 Å². The maximum absolute atomic E-state index is 5.40. The third kappa shape index (κ3) is 4.00. The molecule has 19 heavy (non-hydrogen) atoms. The van der Waals surface area contributed by atoms with Gasteiger partial charge in [-0.1, -0.05) is 39.0 Å². The number of nitrogens with one attached hydrogen (secondary N) is 1. The first-order chi connectivity index (χ1) is 8.96. The van der Waals surface area contributed by atoms with Gasteiger partial charge in [0.05, 0.1) is 0 Å². The van der Waals surface area contributed by atoms with E-state index in [1.54, 1.807) is 0 Å². The van der Waals surface area contributed by atoms with Gasteiger partial charge in [0.25, 0.3) is 0 Å². The fourth-order valence-corrected chi connectivity index (χ4v) is 1.96. The second-order valence-electron chi connectivity index (χ2n) is 6.01. The van der Waals surface area contributed by atoms with Gasteiger partial charge in [-0.3, -0.25) is 0 Å². The summed E-state index contributed by atoms with van der Waals surface area (Å²) in [5.74, 6) is 1.68. The van der Waals surface area contributed by atoms with Crippen LogP contribution in [0, 0.1) is 5.41 Å². The second-order valence-corrected chi connectivity index (χ2v) is 6.01. The van der Waals surface area contributed by atoms with Crippen molar-refractivity contribution in [3.05, 3.63) is 35.9 Å².